The van der Waals surface area contributed by atoms with Crippen LogP contribution in [0.4, 0.5) is 34.1 Å². The monoisotopic (exact) mass is 1430 g/mol. The van der Waals surface area contributed by atoms with Gasteiger partial charge in [0.1, 0.15) is 0 Å². The molecule has 3 aromatic heterocycles. The highest BCUT2D eigenvalue weighted by atomic mass is 15.2. The number of aromatic nitrogens is 3. The van der Waals surface area contributed by atoms with Crippen molar-refractivity contribution in [1.29, 1.82) is 0 Å². The van der Waals surface area contributed by atoms with Crippen LogP contribution in [0.2, 0.25) is 0 Å². The van der Waals surface area contributed by atoms with Crippen LogP contribution in [-0.2, 0) is 27.1 Å². The summed E-state index contributed by atoms with van der Waals surface area (Å²) in [5.41, 5.74) is 28.9. The molecule has 5 nitrogen and oxygen atoms in total. The molecule has 0 spiro atoms. The lowest BCUT2D eigenvalue weighted by Crippen LogP contribution is -2.61. The maximum absolute atomic E-state index is 9.70. The molecule has 19 rings (SSSR count). The van der Waals surface area contributed by atoms with Crippen LogP contribution in [-0.4, -0.2) is 20.4 Å². The first kappa shape index (κ1) is 63.1. The molecule has 0 aliphatic carbocycles. The molecular formula is C104H94BN5. The molecular weight excluding hydrogens is 1330 g/mol. The van der Waals surface area contributed by atoms with Crippen LogP contribution in [0, 0.1) is 0 Å². The maximum Gasteiger partial charge on any atom is 0.252 e. The summed E-state index contributed by atoms with van der Waals surface area (Å²) in [7, 11) is 0. The Morgan fingerprint density at radius 1 is 0.245 bits per heavy atom. The molecule has 17 aromatic rings. The number of hydrogen-bond acceptors (Lipinski definition) is 2. The minimum Gasteiger partial charge on any atom is -0.311 e. The van der Waals surface area contributed by atoms with Gasteiger partial charge in [0, 0.05) is 72.1 Å². The molecule has 5 heterocycles. The molecule has 0 fully saturated rings. The van der Waals surface area contributed by atoms with E-state index in [0.717, 1.165) is 139 Å². The lowest BCUT2D eigenvalue weighted by Gasteiger charge is -2.45. The maximum atomic E-state index is 9.70. The molecule has 14 aromatic carbocycles. The summed E-state index contributed by atoms with van der Waals surface area (Å²) in [5, 5.41) is 6.96. The van der Waals surface area contributed by atoms with Crippen molar-refractivity contribution in [2.45, 2.75) is 131 Å². The normalized spacial score (nSPS) is 14.0. The highest BCUT2D eigenvalue weighted by Crippen LogP contribution is 2.53. The number of anilines is 6. The Morgan fingerprint density at radius 2 is 0.673 bits per heavy atom. The van der Waals surface area contributed by atoms with Gasteiger partial charge in [-0.1, -0.05) is 280 Å². The SMILES string of the molecule is [2H]c1c([2H])c([2H])c(-c2ccc3c(c2)N(c2cccc4c5cccc(-n6c7ccc(C(C)(C)C)cc7c7cc(C(C)(C)C)ccc76)c5n(-c5ccccc5)c24)c2cc(C(C)(C)C)cc4c2B3c2ccc(-n3c5ccc(C(C)(C)C)cc5c5cc(C(C)(C)C)ccc53)cc2N4c2cc(-c3ccccc3)cc(-c3ccccc3)c2)c([2H])c1[2H]. The Hall–Kier alpha value is -11.9. The van der Waals surface area contributed by atoms with E-state index in [-0.39, 0.29) is 51.4 Å². The smallest absolute Gasteiger partial charge is 0.252 e. The summed E-state index contributed by atoms with van der Waals surface area (Å²) in [5.74, 6) is 0. The summed E-state index contributed by atoms with van der Waals surface area (Å²) in [6.45, 7) is 34.1. The first-order chi connectivity index (χ1) is 54.8. The van der Waals surface area contributed by atoms with Gasteiger partial charge in [0.05, 0.1) is 51.3 Å². The Labute approximate surface area is 655 Å². The van der Waals surface area contributed by atoms with E-state index in [1.807, 2.05) is 6.07 Å². The summed E-state index contributed by atoms with van der Waals surface area (Å²) in [4.78, 5) is 5.05. The average molecular weight is 1430 g/mol. The molecule has 0 radical (unpaired) electrons. The molecule has 0 unspecified atom stereocenters. The predicted molar refractivity (Wildman–Crippen MR) is 473 cm³/mol. The summed E-state index contributed by atoms with van der Waals surface area (Å²) in [6, 6.07) is 98.0. The Kier molecular flexibility index (Phi) is 14.2. The van der Waals surface area contributed by atoms with Crippen molar-refractivity contribution in [3.05, 3.63) is 325 Å². The van der Waals surface area contributed by atoms with E-state index < -0.39 is 18.2 Å². The quantitative estimate of drug-likeness (QED) is 0.141. The minimum absolute atomic E-state index is 0.0951. The zero-order chi connectivity index (χ0) is 80.2. The third-order valence-electron chi connectivity index (χ3n) is 23.6. The number of hydrogen-bond donors (Lipinski definition) is 0. The molecule has 2 aliphatic heterocycles. The van der Waals surface area contributed by atoms with E-state index in [0.29, 0.717) is 5.56 Å². The van der Waals surface area contributed by atoms with Crippen molar-refractivity contribution in [3.8, 4) is 50.4 Å². The van der Waals surface area contributed by atoms with Crippen molar-refractivity contribution in [2.24, 2.45) is 0 Å². The Morgan fingerprint density at radius 3 is 1.15 bits per heavy atom. The number of fused-ring (bicyclic) bond motifs is 13. The highest BCUT2D eigenvalue weighted by Gasteiger charge is 2.46. The van der Waals surface area contributed by atoms with Crippen molar-refractivity contribution < 1.29 is 6.85 Å². The fourth-order valence-electron chi connectivity index (χ4n) is 17.7. The van der Waals surface area contributed by atoms with Crippen LogP contribution < -0.4 is 26.2 Å². The fourth-order valence-corrected chi connectivity index (χ4v) is 17.7. The van der Waals surface area contributed by atoms with Gasteiger partial charge in [0.15, 0.2) is 0 Å². The second kappa shape index (κ2) is 24.8. The van der Waals surface area contributed by atoms with Crippen molar-refractivity contribution in [1.82, 2.24) is 13.7 Å². The van der Waals surface area contributed by atoms with Gasteiger partial charge < -0.3 is 23.5 Å². The van der Waals surface area contributed by atoms with Crippen LogP contribution in [0.5, 0.6) is 0 Å². The molecule has 0 amide bonds. The standard InChI is InChI=1S/C104H94BN5/c1-100(2,3)71-43-50-87-81(58-71)82-59-72(101(4,5)6)44-51-88(82)106(87)77-47-49-86-94(64-77)107(78-55-69(66-32-22-17-23-33-66)54-70(56-78)67-34-24-18-25-35-67)95-62-75(104(13,14)15)63-96-97(95)105(86)85-48-42-68(65-30-20-16-21-31-65)57-93(85)110(96)92-41-29-39-80-79-38-28-40-91(98(79)108(99(80)92)76-36-26-19-27-37-76)109-89-52-45-73(102(7,8)9)60-83(89)84-61-74(103(10,11)12)46-53-90(84)109/h16-64H,1-15H3/i16D,20D,21D,30D,31D. The van der Waals surface area contributed by atoms with Crippen molar-refractivity contribution in [2.75, 3.05) is 9.80 Å². The topological polar surface area (TPSA) is 21.3 Å². The molecule has 6 heteroatoms. The number of nitrogens with zero attached hydrogens (tertiary/aromatic N) is 5. The largest absolute Gasteiger partial charge is 0.311 e. The van der Waals surface area contributed by atoms with Gasteiger partial charge in [-0.25, -0.2) is 0 Å². The van der Waals surface area contributed by atoms with E-state index in [1.54, 1.807) is 0 Å². The molecule has 2 aliphatic rings. The molecule has 110 heavy (non-hydrogen) atoms. The van der Waals surface area contributed by atoms with Gasteiger partial charge >= 0.3 is 0 Å². The van der Waals surface area contributed by atoms with Crippen molar-refractivity contribution in [3.63, 3.8) is 0 Å². The Bertz CT molecular complexity index is 6700. The van der Waals surface area contributed by atoms with Gasteiger partial charge in [-0.05, 0) is 226 Å². The Balaban J connectivity index is 0.954. The van der Waals surface area contributed by atoms with Crippen LogP contribution >= 0.6 is 0 Å². The van der Waals surface area contributed by atoms with E-state index >= 15 is 0 Å². The zero-order valence-electron chi connectivity index (χ0n) is 70.7. The fraction of sp³-hybridized carbons (Fsp3) is 0.192. The van der Waals surface area contributed by atoms with Crippen LogP contribution in [0.25, 0.3) is 116 Å². The summed E-state index contributed by atoms with van der Waals surface area (Å²) < 4.78 is 54.1. The average Bonchev–Trinajstić information content (AvgIpc) is 0.791. The van der Waals surface area contributed by atoms with E-state index in [4.69, 9.17) is 1.37 Å². The molecule has 0 saturated heterocycles. The summed E-state index contributed by atoms with van der Waals surface area (Å²) in [6.07, 6.45) is 0. The van der Waals surface area contributed by atoms with Crippen LogP contribution in [0.3, 0.4) is 0 Å². The van der Waals surface area contributed by atoms with E-state index in [2.05, 4.69) is 388 Å². The molecule has 0 N–H and O–H groups in total. The lowest BCUT2D eigenvalue weighted by molar-refractivity contribution is 0.590. The molecule has 538 valence electrons. The highest BCUT2D eigenvalue weighted by molar-refractivity contribution is 7.00. The third kappa shape index (κ3) is 11.1. The first-order valence-electron chi connectivity index (χ1n) is 41.5. The lowest BCUT2D eigenvalue weighted by atomic mass is 9.33. The van der Waals surface area contributed by atoms with Gasteiger partial charge in [-0.15, -0.1) is 0 Å². The van der Waals surface area contributed by atoms with E-state index in [9.17, 15) is 5.48 Å². The first-order valence-corrected chi connectivity index (χ1v) is 39.0. The zero-order valence-corrected chi connectivity index (χ0v) is 65.7. The third-order valence-corrected chi connectivity index (χ3v) is 23.6. The van der Waals surface area contributed by atoms with Gasteiger partial charge in [-0.2, -0.15) is 0 Å². The van der Waals surface area contributed by atoms with Gasteiger partial charge in [0.2, 0.25) is 0 Å². The molecule has 0 saturated carbocycles. The van der Waals surface area contributed by atoms with Crippen LogP contribution in [0.15, 0.2) is 297 Å². The van der Waals surface area contributed by atoms with Gasteiger partial charge in [-0.3, -0.25) is 0 Å². The second-order valence-corrected chi connectivity index (χ2v) is 35.9. The van der Waals surface area contributed by atoms with Crippen molar-refractivity contribution >= 4 is 123 Å². The predicted octanol–water partition coefficient (Wildman–Crippen LogP) is 26.5. The van der Waals surface area contributed by atoms with E-state index in [1.165, 1.54) is 43.8 Å². The summed E-state index contributed by atoms with van der Waals surface area (Å²) >= 11 is 0. The number of para-hydroxylation sites is 3. The number of rotatable bonds is 8. The number of benzene rings is 14. The molecule has 0 atom stereocenters. The minimum atomic E-state index is -0.433. The molecule has 0 bridgehead atoms. The van der Waals surface area contributed by atoms with Crippen LogP contribution in [0.1, 0.15) is 139 Å². The second-order valence-electron chi connectivity index (χ2n) is 35.9. The van der Waals surface area contributed by atoms with Gasteiger partial charge in [0.25, 0.3) is 6.71 Å².